The molecule has 1 aliphatic rings. The van der Waals surface area contributed by atoms with Gasteiger partial charge in [0.15, 0.2) is 0 Å². The van der Waals surface area contributed by atoms with Gasteiger partial charge in [0.1, 0.15) is 5.78 Å². The van der Waals surface area contributed by atoms with Crippen molar-refractivity contribution >= 4 is 5.78 Å². The summed E-state index contributed by atoms with van der Waals surface area (Å²) in [6.45, 7) is 10.4. The summed E-state index contributed by atoms with van der Waals surface area (Å²) in [6, 6.07) is 0. The average Bonchev–Trinajstić information content (AvgIpc) is 2.02. The molecule has 82 valence electrons. The van der Waals surface area contributed by atoms with Gasteiger partial charge in [-0.25, -0.2) is 0 Å². The number of carbonyl (C=O) groups is 1. The zero-order valence-corrected chi connectivity index (χ0v) is 9.96. The smallest absolute Gasteiger partial charge is 0.143 e. The van der Waals surface area contributed by atoms with Gasteiger partial charge < -0.3 is 4.74 Å². The first-order valence-corrected chi connectivity index (χ1v) is 5.52. The maximum absolute atomic E-state index is 11.3. The minimum atomic E-state index is -0.245. The lowest BCUT2D eigenvalue weighted by atomic mass is 9.68. The third kappa shape index (κ3) is 2.35. The molecule has 2 nitrogen and oxygen atoms in total. The summed E-state index contributed by atoms with van der Waals surface area (Å²) in [5, 5.41) is 0. The fraction of sp³-hybridized carbons (Fsp3) is 0.917. The first kappa shape index (κ1) is 11.7. The molecule has 0 aromatic carbocycles. The zero-order chi connectivity index (χ0) is 10.9. The minimum Gasteiger partial charge on any atom is -0.374 e. The summed E-state index contributed by atoms with van der Waals surface area (Å²) < 4.78 is 5.86. The summed E-state index contributed by atoms with van der Waals surface area (Å²) in [7, 11) is 0. The lowest BCUT2D eigenvalue weighted by Crippen LogP contribution is -2.52. The van der Waals surface area contributed by atoms with E-state index in [1.54, 1.807) is 0 Å². The van der Waals surface area contributed by atoms with Gasteiger partial charge in [-0.2, -0.15) is 0 Å². The van der Waals surface area contributed by atoms with Crippen LogP contribution in [0.3, 0.4) is 0 Å². The van der Waals surface area contributed by atoms with E-state index >= 15 is 0 Å². The molecule has 1 saturated carbocycles. The van der Waals surface area contributed by atoms with Gasteiger partial charge in [0, 0.05) is 6.42 Å². The number of ether oxygens (including phenoxy) is 1. The fourth-order valence-electron chi connectivity index (χ4n) is 1.95. The van der Waals surface area contributed by atoms with Crippen molar-refractivity contribution in [2.24, 2.45) is 11.3 Å². The summed E-state index contributed by atoms with van der Waals surface area (Å²) in [5.41, 5.74) is -0.245. The van der Waals surface area contributed by atoms with E-state index in [0.717, 1.165) is 6.42 Å². The molecule has 0 saturated heterocycles. The van der Waals surface area contributed by atoms with Crippen LogP contribution in [0, 0.1) is 11.3 Å². The normalized spacial score (nSPS) is 27.6. The molecule has 2 unspecified atom stereocenters. The Morgan fingerprint density at radius 1 is 1.43 bits per heavy atom. The van der Waals surface area contributed by atoms with Gasteiger partial charge in [0.2, 0.25) is 0 Å². The second-order valence-electron chi connectivity index (χ2n) is 5.41. The molecule has 1 fully saturated rings. The number of rotatable bonds is 4. The Hall–Kier alpha value is -0.370. The molecule has 0 heterocycles. The maximum Gasteiger partial charge on any atom is 0.143 e. The Morgan fingerprint density at radius 2 is 2.00 bits per heavy atom. The van der Waals surface area contributed by atoms with Gasteiger partial charge in [-0.05, 0) is 19.3 Å². The van der Waals surface area contributed by atoms with Gasteiger partial charge in [0.05, 0.1) is 17.6 Å². The Bertz CT molecular complexity index is 218. The van der Waals surface area contributed by atoms with Crippen LogP contribution in [0.4, 0.5) is 0 Å². The van der Waals surface area contributed by atoms with Crippen molar-refractivity contribution in [3.63, 3.8) is 0 Å². The number of hydrogen-bond acceptors (Lipinski definition) is 2. The lowest BCUT2D eigenvalue weighted by Gasteiger charge is -2.43. The summed E-state index contributed by atoms with van der Waals surface area (Å²) >= 11 is 0. The van der Waals surface area contributed by atoms with Crippen molar-refractivity contribution in [1.29, 1.82) is 0 Å². The minimum absolute atomic E-state index is 0.142. The molecule has 1 rings (SSSR count). The summed E-state index contributed by atoms with van der Waals surface area (Å²) in [5.74, 6) is 0.989. The van der Waals surface area contributed by atoms with Crippen LogP contribution in [-0.2, 0) is 9.53 Å². The predicted octanol–water partition coefficient (Wildman–Crippen LogP) is 2.81. The second-order valence-corrected chi connectivity index (χ2v) is 5.41. The van der Waals surface area contributed by atoms with Crippen LogP contribution < -0.4 is 0 Å². The predicted molar refractivity (Wildman–Crippen MR) is 57.2 cm³/mol. The van der Waals surface area contributed by atoms with Crippen LogP contribution in [0.25, 0.3) is 0 Å². The molecular formula is C12H22O2. The first-order valence-electron chi connectivity index (χ1n) is 5.52. The molecule has 0 N–H and O–H groups in total. The van der Waals surface area contributed by atoms with Gasteiger partial charge in [-0.3, -0.25) is 4.79 Å². The zero-order valence-electron chi connectivity index (χ0n) is 9.96. The third-order valence-electron chi connectivity index (χ3n) is 3.09. The third-order valence-corrected chi connectivity index (χ3v) is 3.09. The second kappa shape index (κ2) is 4.01. The Balaban J connectivity index is 2.36. The molecule has 0 aliphatic heterocycles. The molecular weight excluding hydrogens is 176 g/mol. The van der Waals surface area contributed by atoms with Crippen LogP contribution in [0.5, 0.6) is 0 Å². The van der Waals surface area contributed by atoms with E-state index in [2.05, 4.69) is 20.8 Å². The van der Waals surface area contributed by atoms with Gasteiger partial charge in [-0.15, -0.1) is 0 Å². The topological polar surface area (TPSA) is 26.3 Å². The molecule has 2 atom stereocenters. The van der Waals surface area contributed by atoms with E-state index in [9.17, 15) is 4.79 Å². The van der Waals surface area contributed by atoms with E-state index in [0.29, 0.717) is 18.1 Å². The van der Waals surface area contributed by atoms with Crippen LogP contribution in [0.1, 0.15) is 47.5 Å². The van der Waals surface area contributed by atoms with Crippen molar-refractivity contribution in [3.8, 4) is 0 Å². The van der Waals surface area contributed by atoms with Crippen molar-refractivity contribution in [2.45, 2.75) is 59.7 Å². The molecule has 2 heteroatoms. The number of hydrogen-bond donors (Lipinski definition) is 0. The van der Waals surface area contributed by atoms with Crippen LogP contribution in [0.2, 0.25) is 0 Å². The number of ketones is 1. The fourth-order valence-corrected chi connectivity index (χ4v) is 1.95. The monoisotopic (exact) mass is 198 g/mol. The quantitative estimate of drug-likeness (QED) is 0.694. The molecule has 14 heavy (non-hydrogen) atoms. The molecule has 0 aromatic rings. The Morgan fingerprint density at radius 3 is 2.36 bits per heavy atom. The molecule has 1 aliphatic carbocycles. The molecule has 0 bridgehead atoms. The van der Waals surface area contributed by atoms with E-state index in [1.807, 2.05) is 13.8 Å². The van der Waals surface area contributed by atoms with E-state index in [-0.39, 0.29) is 17.6 Å². The highest BCUT2D eigenvalue weighted by molar-refractivity contribution is 5.91. The lowest BCUT2D eigenvalue weighted by molar-refractivity contribution is -0.165. The summed E-state index contributed by atoms with van der Waals surface area (Å²) in [6.07, 6.45) is 2.09. The standard InChI is InChI=1S/C12H22O2/c1-8(2)6-9(3)14-11-7-10(13)12(11,4)5/h8-9,11H,6-7H2,1-5H3. The highest BCUT2D eigenvalue weighted by atomic mass is 16.5. The largest absolute Gasteiger partial charge is 0.374 e. The molecule has 0 spiro atoms. The van der Waals surface area contributed by atoms with Crippen molar-refractivity contribution in [2.75, 3.05) is 0 Å². The Labute approximate surface area is 87.0 Å². The molecule has 0 radical (unpaired) electrons. The molecule has 0 amide bonds. The Kier molecular flexibility index (Phi) is 3.36. The van der Waals surface area contributed by atoms with Crippen molar-refractivity contribution in [3.05, 3.63) is 0 Å². The van der Waals surface area contributed by atoms with E-state index in [4.69, 9.17) is 4.74 Å². The van der Waals surface area contributed by atoms with E-state index < -0.39 is 0 Å². The number of carbonyl (C=O) groups excluding carboxylic acids is 1. The summed E-state index contributed by atoms with van der Waals surface area (Å²) in [4.78, 5) is 11.3. The van der Waals surface area contributed by atoms with E-state index in [1.165, 1.54) is 0 Å². The van der Waals surface area contributed by atoms with Gasteiger partial charge in [0.25, 0.3) is 0 Å². The van der Waals surface area contributed by atoms with Crippen LogP contribution in [0.15, 0.2) is 0 Å². The van der Waals surface area contributed by atoms with Crippen LogP contribution in [-0.4, -0.2) is 18.0 Å². The van der Waals surface area contributed by atoms with Crippen molar-refractivity contribution < 1.29 is 9.53 Å². The highest BCUT2D eigenvalue weighted by Gasteiger charge is 2.48. The van der Waals surface area contributed by atoms with Crippen molar-refractivity contribution in [1.82, 2.24) is 0 Å². The van der Waals surface area contributed by atoms with Gasteiger partial charge in [-0.1, -0.05) is 27.7 Å². The highest BCUT2D eigenvalue weighted by Crippen LogP contribution is 2.39. The molecule has 0 aromatic heterocycles. The average molecular weight is 198 g/mol. The SMILES string of the molecule is CC(C)CC(C)OC1CC(=O)C1(C)C. The van der Waals surface area contributed by atoms with Gasteiger partial charge >= 0.3 is 0 Å². The number of Topliss-reactive ketones (excluding diaryl/α,β-unsaturated/α-hetero) is 1. The maximum atomic E-state index is 11.3. The first-order chi connectivity index (χ1) is 6.34. The van der Waals surface area contributed by atoms with Crippen LogP contribution >= 0.6 is 0 Å².